The van der Waals surface area contributed by atoms with Gasteiger partial charge in [0.2, 0.25) is 0 Å². The number of hydrogen-bond donors (Lipinski definition) is 1. The molecule has 0 aliphatic heterocycles. The summed E-state index contributed by atoms with van der Waals surface area (Å²) >= 11 is 0. The van der Waals surface area contributed by atoms with Gasteiger partial charge < -0.3 is 4.98 Å². The molecule has 0 aliphatic rings. The molecule has 1 heterocycles. The zero-order chi connectivity index (χ0) is 12.3. The molecular weight excluding hydrogens is 217 g/mol. The third-order valence-electron chi connectivity index (χ3n) is 2.65. The van der Waals surface area contributed by atoms with Crippen LogP contribution in [0.4, 0.5) is 4.39 Å². The largest absolute Gasteiger partial charge is 0.348 e. The first-order chi connectivity index (χ1) is 8.15. The Kier molecular flexibility index (Phi) is 3.54. The molecule has 3 nitrogen and oxygen atoms in total. The molecule has 2 rings (SSSR count). The van der Waals surface area contributed by atoms with Crippen molar-refractivity contribution in [3.63, 3.8) is 0 Å². The Labute approximate surface area is 100 Å². The fourth-order valence-corrected chi connectivity index (χ4v) is 1.81. The molecule has 1 aromatic heterocycles. The SMILES string of the molecule is Cc1cc(CN(C)Cc2ncc[nH]2)ccc1F. The van der Waals surface area contributed by atoms with Crippen molar-refractivity contribution in [3.8, 4) is 0 Å². The first-order valence-corrected chi connectivity index (χ1v) is 5.57. The van der Waals surface area contributed by atoms with Gasteiger partial charge in [0.1, 0.15) is 11.6 Å². The summed E-state index contributed by atoms with van der Waals surface area (Å²) in [6, 6.07) is 5.22. The number of hydrogen-bond acceptors (Lipinski definition) is 2. The molecule has 4 heteroatoms. The minimum absolute atomic E-state index is 0.151. The summed E-state index contributed by atoms with van der Waals surface area (Å²) in [6.45, 7) is 3.32. The van der Waals surface area contributed by atoms with E-state index in [0.29, 0.717) is 5.56 Å². The van der Waals surface area contributed by atoms with Gasteiger partial charge in [-0.2, -0.15) is 0 Å². The van der Waals surface area contributed by atoms with E-state index < -0.39 is 0 Å². The van der Waals surface area contributed by atoms with Crippen LogP contribution >= 0.6 is 0 Å². The second-order valence-electron chi connectivity index (χ2n) is 4.29. The number of aryl methyl sites for hydroxylation is 1. The summed E-state index contributed by atoms with van der Waals surface area (Å²) in [5.41, 5.74) is 1.80. The Morgan fingerprint density at radius 1 is 1.35 bits per heavy atom. The second kappa shape index (κ2) is 5.10. The molecule has 17 heavy (non-hydrogen) atoms. The number of rotatable bonds is 4. The lowest BCUT2D eigenvalue weighted by molar-refractivity contribution is 0.311. The van der Waals surface area contributed by atoms with Gasteiger partial charge in [-0.1, -0.05) is 12.1 Å². The average molecular weight is 233 g/mol. The minimum atomic E-state index is -0.151. The normalized spacial score (nSPS) is 11.1. The van der Waals surface area contributed by atoms with Crippen molar-refractivity contribution in [3.05, 3.63) is 53.4 Å². The molecular formula is C13H16FN3. The maximum Gasteiger partial charge on any atom is 0.126 e. The monoisotopic (exact) mass is 233 g/mol. The number of halogens is 1. The van der Waals surface area contributed by atoms with E-state index in [4.69, 9.17) is 0 Å². The molecule has 0 amide bonds. The van der Waals surface area contributed by atoms with Crippen LogP contribution in [0.3, 0.4) is 0 Å². The molecule has 0 spiro atoms. The standard InChI is InChI=1S/C13H16FN3/c1-10-7-11(3-4-12(10)14)8-17(2)9-13-15-5-6-16-13/h3-7H,8-9H2,1-2H3,(H,15,16). The van der Waals surface area contributed by atoms with Crippen LogP contribution in [0.15, 0.2) is 30.6 Å². The summed E-state index contributed by atoms with van der Waals surface area (Å²) in [5, 5.41) is 0. The van der Waals surface area contributed by atoms with Gasteiger partial charge in [0.05, 0.1) is 6.54 Å². The van der Waals surface area contributed by atoms with E-state index in [1.165, 1.54) is 6.07 Å². The zero-order valence-corrected chi connectivity index (χ0v) is 10.1. The summed E-state index contributed by atoms with van der Waals surface area (Å²) in [6.07, 6.45) is 3.55. The van der Waals surface area contributed by atoms with Crippen LogP contribution < -0.4 is 0 Å². The highest BCUT2D eigenvalue weighted by atomic mass is 19.1. The van der Waals surface area contributed by atoms with Gasteiger partial charge in [-0.25, -0.2) is 9.37 Å². The summed E-state index contributed by atoms with van der Waals surface area (Å²) in [5.74, 6) is 0.786. The zero-order valence-electron chi connectivity index (χ0n) is 10.1. The van der Waals surface area contributed by atoms with Crippen molar-refractivity contribution in [1.82, 2.24) is 14.9 Å². The van der Waals surface area contributed by atoms with E-state index >= 15 is 0 Å². The van der Waals surface area contributed by atoms with Gasteiger partial charge in [0.25, 0.3) is 0 Å². The Morgan fingerprint density at radius 2 is 2.18 bits per heavy atom. The van der Waals surface area contributed by atoms with E-state index in [1.54, 1.807) is 13.1 Å². The number of aromatic nitrogens is 2. The number of aromatic amines is 1. The predicted octanol–water partition coefficient (Wildman–Crippen LogP) is 2.49. The highest BCUT2D eigenvalue weighted by molar-refractivity contribution is 5.23. The van der Waals surface area contributed by atoms with Crippen LogP contribution in [-0.2, 0) is 13.1 Å². The highest BCUT2D eigenvalue weighted by Gasteiger charge is 2.05. The summed E-state index contributed by atoms with van der Waals surface area (Å²) < 4.78 is 13.1. The number of nitrogens with zero attached hydrogens (tertiary/aromatic N) is 2. The van der Waals surface area contributed by atoms with Gasteiger partial charge >= 0.3 is 0 Å². The predicted molar refractivity (Wildman–Crippen MR) is 64.9 cm³/mol. The number of imidazole rings is 1. The third kappa shape index (κ3) is 3.14. The first kappa shape index (κ1) is 11.8. The van der Waals surface area contributed by atoms with Gasteiger partial charge in [-0.05, 0) is 31.2 Å². The molecule has 0 unspecified atom stereocenters. The van der Waals surface area contributed by atoms with Gasteiger partial charge in [-0.3, -0.25) is 4.90 Å². The van der Waals surface area contributed by atoms with Gasteiger partial charge in [-0.15, -0.1) is 0 Å². The molecule has 0 atom stereocenters. The minimum Gasteiger partial charge on any atom is -0.348 e. The molecule has 0 fully saturated rings. The van der Waals surface area contributed by atoms with Crippen molar-refractivity contribution in [2.45, 2.75) is 20.0 Å². The van der Waals surface area contributed by atoms with Crippen molar-refractivity contribution in [2.75, 3.05) is 7.05 Å². The second-order valence-corrected chi connectivity index (χ2v) is 4.29. The van der Waals surface area contributed by atoms with Crippen LogP contribution in [0.2, 0.25) is 0 Å². The number of nitrogens with one attached hydrogen (secondary N) is 1. The average Bonchev–Trinajstić information content (AvgIpc) is 2.76. The van der Waals surface area contributed by atoms with Gasteiger partial charge in [0, 0.05) is 18.9 Å². The Morgan fingerprint density at radius 3 is 2.82 bits per heavy atom. The Hall–Kier alpha value is -1.68. The van der Waals surface area contributed by atoms with Crippen molar-refractivity contribution in [2.24, 2.45) is 0 Å². The summed E-state index contributed by atoms with van der Waals surface area (Å²) in [7, 11) is 2.02. The quantitative estimate of drug-likeness (QED) is 0.879. The number of H-pyrrole nitrogens is 1. The number of benzene rings is 1. The van der Waals surface area contributed by atoms with E-state index in [1.807, 2.05) is 25.4 Å². The fraction of sp³-hybridized carbons (Fsp3) is 0.308. The lowest BCUT2D eigenvalue weighted by atomic mass is 10.1. The first-order valence-electron chi connectivity index (χ1n) is 5.57. The Balaban J connectivity index is 1.98. The van der Waals surface area contributed by atoms with Crippen molar-refractivity contribution in [1.29, 1.82) is 0 Å². The maximum absolute atomic E-state index is 13.1. The molecule has 0 saturated heterocycles. The van der Waals surface area contributed by atoms with E-state index in [0.717, 1.165) is 24.5 Å². The van der Waals surface area contributed by atoms with Crippen LogP contribution in [0, 0.1) is 12.7 Å². The van der Waals surface area contributed by atoms with E-state index in [2.05, 4.69) is 14.9 Å². The van der Waals surface area contributed by atoms with E-state index in [-0.39, 0.29) is 5.82 Å². The van der Waals surface area contributed by atoms with Crippen LogP contribution in [-0.4, -0.2) is 21.9 Å². The molecule has 90 valence electrons. The van der Waals surface area contributed by atoms with Crippen LogP contribution in [0.1, 0.15) is 17.0 Å². The lowest BCUT2D eigenvalue weighted by Gasteiger charge is -2.15. The van der Waals surface area contributed by atoms with E-state index in [9.17, 15) is 4.39 Å². The lowest BCUT2D eigenvalue weighted by Crippen LogP contribution is -2.18. The fourth-order valence-electron chi connectivity index (χ4n) is 1.81. The van der Waals surface area contributed by atoms with Crippen molar-refractivity contribution >= 4 is 0 Å². The molecule has 0 saturated carbocycles. The summed E-state index contributed by atoms with van der Waals surface area (Å²) in [4.78, 5) is 9.36. The highest BCUT2D eigenvalue weighted by Crippen LogP contribution is 2.11. The molecule has 0 radical (unpaired) electrons. The van der Waals surface area contributed by atoms with Crippen LogP contribution in [0.5, 0.6) is 0 Å². The molecule has 0 bridgehead atoms. The van der Waals surface area contributed by atoms with Gasteiger partial charge in [0.15, 0.2) is 0 Å². The molecule has 1 aromatic carbocycles. The topological polar surface area (TPSA) is 31.9 Å². The van der Waals surface area contributed by atoms with Crippen LogP contribution in [0.25, 0.3) is 0 Å². The third-order valence-corrected chi connectivity index (χ3v) is 2.65. The Bertz CT molecular complexity index is 479. The molecule has 1 N–H and O–H groups in total. The van der Waals surface area contributed by atoms with Crippen molar-refractivity contribution < 1.29 is 4.39 Å². The smallest absolute Gasteiger partial charge is 0.126 e. The maximum atomic E-state index is 13.1. The molecule has 0 aliphatic carbocycles. The molecule has 2 aromatic rings.